The standard InChI is InChI=1S/C10H16N2O8.C6H14O3/c13-7(14)3-11(4-8(15)16)1-2-12(5-9(17)18)6-10(19)20;1-5(8)4-9-6(2)3-7/h1-6H2,(H,13,14)(H,15,16)(H,17,18)(H,19,20);5-8H,3-4H2,1-2H3. The lowest BCUT2D eigenvalue weighted by Gasteiger charge is -2.23. The summed E-state index contributed by atoms with van der Waals surface area (Å²) in [7, 11) is 0. The Morgan fingerprint density at radius 1 is 0.759 bits per heavy atom. The number of ether oxygens (including phenoxy) is 1. The van der Waals surface area contributed by atoms with Gasteiger partial charge in [-0.2, -0.15) is 0 Å². The maximum absolute atomic E-state index is 10.6. The molecule has 0 fully saturated rings. The molecule has 0 bridgehead atoms. The lowest BCUT2D eigenvalue weighted by Crippen LogP contribution is -2.43. The first-order valence-electron chi connectivity index (χ1n) is 8.59. The number of aliphatic hydroxyl groups is 2. The zero-order valence-electron chi connectivity index (χ0n) is 16.4. The summed E-state index contributed by atoms with van der Waals surface area (Å²) in [5.74, 6) is -4.91. The van der Waals surface area contributed by atoms with Gasteiger partial charge in [-0.3, -0.25) is 29.0 Å². The highest BCUT2D eigenvalue weighted by Crippen LogP contribution is 1.94. The third kappa shape index (κ3) is 21.8. The molecular weight excluding hydrogens is 396 g/mol. The van der Waals surface area contributed by atoms with Gasteiger partial charge in [-0.05, 0) is 13.8 Å². The average molecular weight is 426 g/mol. The molecule has 0 heterocycles. The van der Waals surface area contributed by atoms with Gasteiger partial charge in [-0.15, -0.1) is 0 Å². The molecular formula is C16H30N2O11. The number of hydrogen-bond donors (Lipinski definition) is 6. The van der Waals surface area contributed by atoms with Gasteiger partial charge in [-0.25, -0.2) is 0 Å². The van der Waals surface area contributed by atoms with Gasteiger partial charge < -0.3 is 35.4 Å². The third-order valence-corrected chi connectivity index (χ3v) is 3.05. The van der Waals surface area contributed by atoms with Crippen LogP contribution in [0.3, 0.4) is 0 Å². The second-order valence-corrected chi connectivity index (χ2v) is 6.17. The molecule has 0 aliphatic heterocycles. The summed E-state index contributed by atoms with van der Waals surface area (Å²) in [4.78, 5) is 44.4. The fourth-order valence-electron chi connectivity index (χ4n) is 1.83. The van der Waals surface area contributed by atoms with E-state index in [2.05, 4.69) is 0 Å². The molecule has 29 heavy (non-hydrogen) atoms. The van der Waals surface area contributed by atoms with Gasteiger partial charge in [0, 0.05) is 13.1 Å². The van der Waals surface area contributed by atoms with Gasteiger partial charge in [0.25, 0.3) is 0 Å². The quantitative estimate of drug-likeness (QED) is 0.163. The summed E-state index contributed by atoms with van der Waals surface area (Å²) in [6, 6.07) is 0. The molecule has 0 aliphatic carbocycles. The van der Waals surface area contributed by atoms with Crippen molar-refractivity contribution >= 4 is 23.9 Å². The van der Waals surface area contributed by atoms with Crippen LogP contribution in [0.2, 0.25) is 0 Å². The van der Waals surface area contributed by atoms with Gasteiger partial charge in [0.15, 0.2) is 0 Å². The molecule has 0 saturated heterocycles. The van der Waals surface area contributed by atoms with Gasteiger partial charge in [0.05, 0.1) is 51.6 Å². The first kappa shape index (κ1) is 28.9. The van der Waals surface area contributed by atoms with Crippen LogP contribution < -0.4 is 0 Å². The van der Waals surface area contributed by atoms with Crippen LogP contribution >= 0.6 is 0 Å². The lowest BCUT2D eigenvalue weighted by molar-refractivity contribution is -0.145. The molecule has 0 radical (unpaired) electrons. The maximum Gasteiger partial charge on any atom is 0.317 e. The minimum atomic E-state index is -1.23. The van der Waals surface area contributed by atoms with Crippen LogP contribution in [0.4, 0.5) is 0 Å². The highest BCUT2D eigenvalue weighted by Gasteiger charge is 2.18. The normalized spacial score (nSPS) is 12.8. The zero-order valence-corrected chi connectivity index (χ0v) is 16.4. The number of nitrogens with zero attached hydrogens (tertiary/aromatic N) is 2. The van der Waals surface area contributed by atoms with Crippen LogP contribution in [-0.2, 0) is 23.9 Å². The number of aliphatic hydroxyl groups excluding tert-OH is 2. The van der Waals surface area contributed by atoms with Crippen molar-refractivity contribution in [2.24, 2.45) is 0 Å². The van der Waals surface area contributed by atoms with E-state index < -0.39 is 56.2 Å². The van der Waals surface area contributed by atoms with Crippen molar-refractivity contribution in [2.75, 3.05) is 52.5 Å². The molecule has 0 aliphatic rings. The number of aliphatic carboxylic acids is 4. The summed E-state index contributed by atoms with van der Waals surface area (Å²) in [6.07, 6.45) is -0.612. The Hall–Kier alpha value is -2.32. The minimum absolute atomic E-state index is 0.00667. The fraction of sp³-hybridized carbons (Fsp3) is 0.750. The Labute approximate surface area is 167 Å². The third-order valence-electron chi connectivity index (χ3n) is 3.05. The summed E-state index contributed by atoms with van der Waals surface area (Å²) in [5.41, 5.74) is 0. The molecule has 2 atom stereocenters. The first-order chi connectivity index (χ1) is 13.4. The predicted molar refractivity (Wildman–Crippen MR) is 97.6 cm³/mol. The van der Waals surface area contributed by atoms with Crippen molar-refractivity contribution in [3.63, 3.8) is 0 Å². The molecule has 6 N–H and O–H groups in total. The maximum atomic E-state index is 10.6. The van der Waals surface area contributed by atoms with E-state index in [-0.39, 0.29) is 25.8 Å². The Bertz CT molecular complexity index is 445. The Kier molecular flexibility index (Phi) is 16.6. The molecule has 0 saturated carbocycles. The molecule has 13 heteroatoms. The van der Waals surface area contributed by atoms with Gasteiger partial charge in [-0.1, -0.05) is 0 Å². The van der Waals surface area contributed by atoms with Crippen LogP contribution in [0.15, 0.2) is 0 Å². The predicted octanol–water partition coefficient (Wildman–Crippen LogP) is -2.31. The molecule has 0 amide bonds. The fourth-order valence-corrected chi connectivity index (χ4v) is 1.83. The molecule has 0 aromatic rings. The van der Waals surface area contributed by atoms with Crippen LogP contribution in [0.5, 0.6) is 0 Å². The monoisotopic (exact) mass is 426 g/mol. The summed E-state index contributed by atoms with van der Waals surface area (Å²) >= 11 is 0. The van der Waals surface area contributed by atoms with Crippen LogP contribution in [0.1, 0.15) is 13.8 Å². The van der Waals surface area contributed by atoms with E-state index in [1.54, 1.807) is 13.8 Å². The van der Waals surface area contributed by atoms with Gasteiger partial charge in [0.1, 0.15) is 0 Å². The summed E-state index contributed by atoms with van der Waals surface area (Å²) < 4.78 is 4.95. The molecule has 0 rings (SSSR count). The molecule has 170 valence electrons. The SMILES string of the molecule is CC(O)COC(C)CO.O=C(O)CN(CCN(CC(=O)O)CC(=O)O)CC(=O)O. The second kappa shape index (κ2) is 16.6. The van der Waals surface area contributed by atoms with Crippen LogP contribution in [0, 0.1) is 0 Å². The van der Waals surface area contributed by atoms with Gasteiger partial charge >= 0.3 is 23.9 Å². The topological polar surface area (TPSA) is 205 Å². The highest BCUT2D eigenvalue weighted by atomic mass is 16.5. The second-order valence-electron chi connectivity index (χ2n) is 6.17. The summed E-state index contributed by atoms with van der Waals surface area (Å²) in [5, 5.41) is 51.6. The highest BCUT2D eigenvalue weighted by molar-refractivity contribution is 5.73. The van der Waals surface area contributed by atoms with E-state index in [9.17, 15) is 19.2 Å². The Balaban J connectivity index is 0. The van der Waals surface area contributed by atoms with Crippen molar-refractivity contribution in [2.45, 2.75) is 26.1 Å². The number of carboxylic acid groups (broad SMARTS) is 4. The average Bonchev–Trinajstić information content (AvgIpc) is 2.55. The molecule has 0 aromatic carbocycles. The molecule has 0 spiro atoms. The van der Waals surface area contributed by atoms with Gasteiger partial charge in [0.2, 0.25) is 0 Å². The smallest absolute Gasteiger partial charge is 0.317 e. The van der Waals surface area contributed by atoms with Crippen molar-refractivity contribution < 1.29 is 54.6 Å². The van der Waals surface area contributed by atoms with Crippen molar-refractivity contribution in [1.82, 2.24) is 9.80 Å². The van der Waals surface area contributed by atoms with E-state index in [1.807, 2.05) is 0 Å². The van der Waals surface area contributed by atoms with E-state index >= 15 is 0 Å². The van der Waals surface area contributed by atoms with Crippen molar-refractivity contribution in [1.29, 1.82) is 0 Å². The molecule has 0 aromatic heterocycles. The number of hydrogen-bond acceptors (Lipinski definition) is 9. The Morgan fingerprint density at radius 3 is 1.28 bits per heavy atom. The van der Waals surface area contributed by atoms with Crippen LogP contribution in [0.25, 0.3) is 0 Å². The first-order valence-corrected chi connectivity index (χ1v) is 8.59. The van der Waals surface area contributed by atoms with Crippen molar-refractivity contribution in [3.05, 3.63) is 0 Å². The van der Waals surface area contributed by atoms with E-state index in [0.717, 1.165) is 9.80 Å². The van der Waals surface area contributed by atoms with E-state index in [0.29, 0.717) is 6.61 Å². The van der Waals surface area contributed by atoms with E-state index in [1.165, 1.54) is 0 Å². The summed E-state index contributed by atoms with van der Waals surface area (Å²) in [6.45, 7) is 1.44. The lowest BCUT2D eigenvalue weighted by atomic mass is 10.4. The Morgan fingerprint density at radius 2 is 1.07 bits per heavy atom. The minimum Gasteiger partial charge on any atom is -0.480 e. The molecule has 13 nitrogen and oxygen atoms in total. The number of rotatable bonds is 15. The molecule has 2 unspecified atom stereocenters. The largest absolute Gasteiger partial charge is 0.480 e. The number of carbonyl (C=O) groups is 4. The number of carboxylic acids is 4. The van der Waals surface area contributed by atoms with Crippen molar-refractivity contribution in [3.8, 4) is 0 Å². The van der Waals surface area contributed by atoms with E-state index in [4.69, 9.17) is 35.4 Å². The van der Waals surface area contributed by atoms with Crippen LogP contribution in [-0.4, -0.2) is 129 Å². The zero-order chi connectivity index (χ0) is 23.0.